The highest BCUT2D eigenvalue weighted by molar-refractivity contribution is 4.72. The van der Waals surface area contributed by atoms with Crippen LogP contribution in [0.2, 0.25) is 0 Å². The molecule has 0 aromatic carbocycles. The second-order valence-electron chi connectivity index (χ2n) is 3.34. The minimum atomic E-state index is -0.262. The smallest absolute Gasteiger partial charge is 0.0824 e. The molecule has 12 heavy (non-hydrogen) atoms. The van der Waals surface area contributed by atoms with E-state index in [9.17, 15) is 0 Å². The lowest BCUT2D eigenvalue weighted by Crippen LogP contribution is -2.47. The van der Waals surface area contributed by atoms with Crippen LogP contribution in [0.15, 0.2) is 0 Å². The summed E-state index contributed by atoms with van der Waals surface area (Å²) in [6.07, 6.45) is -0.112. The molecule has 4 heteroatoms. The first kappa shape index (κ1) is 9.92. The van der Waals surface area contributed by atoms with E-state index in [1.54, 1.807) is 6.92 Å². The molecule has 0 amide bonds. The number of hydrogen-bond donors (Lipinski definition) is 2. The zero-order chi connectivity index (χ0) is 8.97. The van der Waals surface area contributed by atoms with Gasteiger partial charge in [-0.05, 0) is 6.92 Å². The summed E-state index contributed by atoms with van der Waals surface area (Å²) in [6, 6.07) is 0. The molecule has 4 nitrogen and oxygen atoms in total. The van der Waals surface area contributed by atoms with Gasteiger partial charge in [-0.25, -0.2) is 0 Å². The minimum Gasteiger partial charge on any atom is -0.392 e. The highest BCUT2D eigenvalue weighted by Crippen LogP contribution is 2.04. The first-order valence-corrected chi connectivity index (χ1v) is 4.44. The van der Waals surface area contributed by atoms with Crippen molar-refractivity contribution in [1.82, 2.24) is 4.90 Å². The predicted octanol–water partition coefficient (Wildman–Crippen LogP) is -0.973. The van der Waals surface area contributed by atoms with Crippen LogP contribution in [0.25, 0.3) is 0 Å². The number of aliphatic hydroxyl groups excluding tert-OH is 1. The minimum absolute atomic E-state index is 0.150. The van der Waals surface area contributed by atoms with E-state index in [1.807, 2.05) is 0 Å². The molecular weight excluding hydrogens is 156 g/mol. The number of β-amino-alcohol motifs (C(OH)–C–C–N with tert-alkyl or cyclic N) is 1. The number of nitrogens with two attached hydrogens (primary N) is 1. The summed E-state index contributed by atoms with van der Waals surface area (Å²) in [4.78, 5) is 2.19. The molecule has 3 N–H and O–H groups in total. The molecule has 0 spiro atoms. The maximum Gasteiger partial charge on any atom is 0.0824 e. The molecule has 1 aliphatic rings. The number of nitrogens with zero attached hydrogens (tertiary/aromatic N) is 1. The number of ether oxygens (including phenoxy) is 1. The summed E-state index contributed by atoms with van der Waals surface area (Å²) in [5, 5.41) is 9.15. The molecular formula is C8H18N2O2. The van der Waals surface area contributed by atoms with Crippen molar-refractivity contribution in [3.05, 3.63) is 0 Å². The van der Waals surface area contributed by atoms with Gasteiger partial charge in [0, 0.05) is 26.2 Å². The highest BCUT2D eigenvalue weighted by Gasteiger charge is 2.19. The van der Waals surface area contributed by atoms with E-state index in [4.69, 9.17) is 15.6 Å². The van der Waals surface area contributed by atoms with E-state index in [0.717, 1.165) is 26.2 Å². The van der Waals surface area contributed by atoms with Gasteiger partial charge in [-0.15, -0.1) is 0 Å². The van der Waals surface area contributed by atoms with Crippen LogP contribution in [-0.4, -0.2) is 55.0 Å². The first-order valence-electron chi connectivity index (χ1n) is 4.44. The van der Waals surface area contributed by atoms with Gasteiger partial charge in [-0.1, -0.05) is 0 Å². The molecule has 0 radical (unpaired) electrons. The molecule has 1 fully saturated rings. The van der Waals surface area contributed by atoms with E-state index in [0.29, 0.717) is 6.54 Å². The largest absolute Gasteiger partial charge is 0.392 e. The molecule has 0 aromatic heterocycles. The van der Waals surface area contributed by atoms with Gasteiger partial charge >= 0.3 is 0 Å². The van der Waals surface area contributed by atoms with E-state index in [1.165, 1.54) is 0 Å². The van der Waals surface area contributed by atoms with Crippen LogP contribution in [-0.2, 0) is 4.74 Å². The van der Waals surface area contributed by atoms with E-state index in [-0.39, 0.29) is 12.2 Å². The fourth-order valence-corrected chi connectivity index (χ4v) is 1.46. The van der Waals surface area contributed by atoms with Crippen molar-refractivity contribution in [2.24, 2.45) is 5.73 Å². The van der Waals surface area contributed by atoms with Gasteiger partial charge in [0.05, 0.1) is 18.8 Å². The van der Waals surface area contributed by atoms with E-state index in [2.05, 4.69) is 4.90 Å². The SMILES string of the molecule is C[C@H](O)CN1CCOC(CN)C1. The molecule has 0 aromatic rings. The summed E-state index contributed by atoms with van der Waals surface area (Å²) in [6.45, 7) is 5.57. The molecule has 72 valence electrons. The molecule has 1 unspecified atom stereocenters. The fourth-order valence-electron chi connectivity index (χ4n) is 1.46. The van der Waals surface area contributed by atoms with Crippen molar-refractivity contribution in [2.45, 2.75) is 19.1 Å². The van der Waals surface area contributed by atoms with Crippen LogP contribution in [0.3, 0.4) is 0 Å². The van der Waals surface area contributed by atoms with Crippen LogP contribution >= 0.6 is 0 Å². The van der Waals surface area contributed by atoms with E-state index < -0.39 is 0 Å². The number of morpholine rings is 1. The van der Waals surface area contributed by atoms with Gasteiger partial charge in [0.15, 0.2) is 0 Å². The third kappa shape index (κ3) is 3.06. The average molecular weight is 174 g/mol. The fraction of sp³-hybridized carbons (Fsp3) is 1.00. The van der Waals surface area contributed by atoms with Gasteiger partial charge in [0.2, 0.25) is 0 Å². The maximum absolute atomic E-state index is 9.15. The number of rotatable bonds is 3. The lowest BCUT2D eigenvalue weighted by molar-refractivity contribution is -0.0340. The molecule has 1 rings (SSSR count). The second kappa shape index (κ2) is 4.77. The van der Waals surface area contributed by atoms with Gasteiger partial charge < -0.3 is 15.6 Å². The standard InChI is InChI=1S/C8H18N2O2/c1-7(11)5-10-2-3-12-8(4-9)6-10/h7-8,11H,2-6,9H2,1H3/t7-,8?/m0/s1. The zero-order valence-corrected chi connectivity index (χ0v) is 7.57. The summed E-state index contributed by atoms with van der Waals surface area (Å²) in [7, 11) is 0. The Labute approximate surface area is 73.3 Å². The third-order valence-corrected chi connectivity index (χ3v) is 2.01. The Morgan fingerprint density at radius 2 is 2.50 bits per heavy atom. The van der Waals surface area contributed by atoms with Crippen molar-refractivity contribution < 1.29 is 9.84 Å². The predicted molar refractivity (Wildman–Crippen MR) is 46.9 cm³/mol. The maximum atomic E-state index is 9.15. The molecule has 1 aliphatic heterocycles. The Morgan fingerprint density at radius 3 is 3.08 bits per heavy atom. The average Bonchev–Trinajstić information content (AvgIpc) is 2.03. The van der Waals surface area contributed by atoms with Gasteiger partial charge in [-0.3, -0.25) is 4.90 Å². The van der Waals surface area contributed by atoms with Gasteiger partial charge in [-0.2, -0.15) is 0 Å². The van der Waals surface area contributed by atoms with Gasteiger partial charge in [0.1, 0.15) is 0 Å². The third-order valence-electron chi connectivity index (χ3n) is 2.01. The lowest BCUT2D eigenvalue weighted by atomic mass is 10.2. The monoisotopic (exact) mass is 174 g/mol. The Balaban J connectivity index is 2.25. The van der Waals surface area contributed by atoms with Crippen LogP contribution in [0.1, 0.15) is 6.92 Å². The Kier molecular flexibility index (Phi) is 3.94. The van der Waals surface area contributed by atoms with Crippen LogP contribution in [0.4, 0.5) is 0 Å². The zero-order valence-electron chi connectivity index (χ0n) is 7.57. The molecule has 0 bridgehead atoms. The first-order chi connectivity index (χ1) is 5.72. The molecule has 0 saturated carbocycles. The van der Waals surface area contributed by atoms with Crippen LogP contribution < -0.4 is 5.73 Å². The topological polar surface area (TPSA) is 58.7 Å². The summed E-state index contributed by atoms with van der Waals surface area (Å²) in [5.74, 6) is 0. The second-order valence-corrected chi connectivity index (χ2v) is 3.34. The quantitative estimate of drug-likeness (QED) is 0.578. The Morgan fingerprint density at radius 1 is 1.75 bits per heavy atom. The molecule has 0 aliphatic carbocycles. The van der Waals surface area contributed by atoms with Gasteiger partial charge in [0.25, 0.3) is 0 Å². The number of hydrogen-bond acceptors (Lipinski definition) is 4. The molecule has 2 atom stereocenters. The van der Waals surface area contributed by atoms with Crippen LogP contribution in [0.5, 0.6) is 0 Å². The van der Waals surface area contributed by atoms with Crippen molar-refractivity contribution >= 4 is 0 Å². The lowest BCUT2D eigenvalue weighted by Gasteiger charge is -2.32. The normalized spacial score (nSPS) is 28.8. The molecule has 1 saturated heterocycles. The number of aliphatic hydroxyl groups is 1. The van der Waals surface area contributed by atoms with Crippen molar-refractivity contribution in [3.63, 3.8) is 0 Å². The van der Waals surface area contributed by atoms with E-state index >= 15 is 0 Å². The van der Waals surface area contributed by atoms with Crippen molar-refractivity contribution in [3.8, 4) is 0 Å². The summed E-state index contributed by atoms with van der Waals surface area (Å²) >= 11 is 0. The van der Waals surface area contributed by atoms with Crippen molar-refractivity contribution in [1.29, 1.82) is 0 Å². The van der Waals surface area contributed by atoms with Crippen molar-refractivity contribution in [2.75, 3.05) is 32.8 Å². The summed E-state index contributed by atoms with van der Waals surface area (Å²) in [5.41, 5.74) is 5.48. The highest BCUT2D eigenvalue weighted by atomic mass is 16.5. The Bertz CT molecular complexity index is 130. The Hall–Kier alpha value is -0.160. The molecule has 1 heterocycles. The summed E-state index contributed by atoms with van der Waals surface area (Å²) < 4.78 is 5.39. The van der Waals surface area contributed by atoms with Crippen LogP contribution in [0, 0.1) is 0 Å².